The van der Waals surface area contributed by atoms with Crippen LogP contribution in [0, 0.1) is 11.8 Å². The Kier molecular flexibility index (Phi) is 6.72. The standard InChI is InChI=1S/C18H32N2O3/c21-18(19-8-3-15-4-10-22-11-5-15)17-2-1-9-20(17)14-16-6-12-23-13-7-16/h15-17H,1-14H2,(H,19,21)/t17-/m0/s1. The third kappa shape index (κ3) is 5.16. The van der Waals surface area contributed by atoms with Crippen molar-refractivity contribution in [2.75, 3.05) is 46.1 Å². The molecule has 3 saturated heterocycles. The van der Waals surface area contributed by atoms with E-state index in [2.05, 4.69) is 10.2 Å². The van der Waals surface area contributed by atoms with Gasteiger partial charge in [0.15, 0.2) is 0 Å². The number of carbonyl (C=O) groups excluding carboxylic acids is 1. The smallest absolute Gasteiger partial charge is 0.237 e. The maximum atomic E-state index is 12.5. The minimum Gasteiger partial charge on any atom is -0.381 e. The van der Waals surface area contributed by atoms with Crippen LogP contribution in [-0.2, 0) is 14.3 Å². The maximum Gasteiger partial charge on any atom is 0.237 e. The zero-order chi connectivity index (χ0) is 15.9. The molecule has 0 spiro atoms. The molecule has 3 aliphatic heterocycles. The largest absolute Gasteiger partial charge is 0.381 e. The minimum absolute atomic E-state index is 0.104. The van der Waals surface area contributed by atoms with E-state index < -0.39 is 0 Å². The van der Waals surface area contributed by atoms with Gasteiger partial charge in [-0.3, -0.25) is 9.69 Å². The average Bonchev–Trinajstić information content (AvgIpc) is 3.05. The monoisotopic (exact) mass is 324 g/mol. The molecule has 3 aliphatic rings. The Morgan fingerprint density at radius 3 is 2.30 bits per heavy atom. The van der Waals surface area contributed by atoms with E-state index in [1.54, 1.807) is 0 Å². The summed E-state index contributed by atoms with van der Waals surface area (Å²) in [5, 5.41) is 3.19. The number of nitrogens with one attached hydrogen (secondary N) is 1. The molecule has 132 valence electrons. The molecule has 23 heavy (non-hydrogen) atoms. The van der Waals surface area contributed by atoms with Crippen molar-refractivity contribution < 1.29 is 14.3 Å². The Labute approximate surface area is 140 Å². The quantitative estimate of drug-likeness (QED) is 0.809. The average molecular weight is 324 g/mol. The van der Waals surface area contributed by atoms with Crippen LogP contribution >= 0.6 is 0 Å². The van der Waals surface area contributed by atoms with Gasteiger partial charge in [0.2, 0.25) is 5.91 Å². The van der Waals surface area contributed by atoms with Crippen LogP contribution in [0.25, 0.3) is 0 Å². The lowest BCUT2D eigenvalue weighted by Gasteiger charge is -2.30. The summed E-state index contributed by atoms with van der Waals surface area (Å²) in [7, 11) is 0. The first-order valence-electron chi connectivity index (χ1n) is 9.50. The molecule has 0 radical (unpaired) electrons. The summed E-state index contributed by atoms with van der Waals surface area (Å²) >= 11 is 0. The second-order valence-electron chi connectivity index (χ2n) is 7.34. The number of amides is 1. The number of carbonyl (C=O) groups is 1. The molecule has 0 aromatic carbocycles. The van der Waals surface area contributed by atoms with Crippen molar-refractivity contribution in [3.05, 3.63) is 0 Å². The predicted molar refractivity (Wildman–Crippen MR) is 89.3 cm³/mol. The molecule has 0 unspecified atom stereocenters. The lowest BCUT2D eigenvalue weighted by molar-refractivity contribution is -0.125. The van der Waals surface area contributed by atoms with Crippen molar-refractivity contribution in [3.8, 4) is 0 Å². The Hall–Kier alpha value is -0.650. The van der Waals surface area contributed by atoms with Gasteiger partial charge in [0.25, 0.3) is 0 Å². The highest BCUT2D eigenvalue weighted by Gasteiger charge is 2.32. The first-order valence-corrected chi connectivity index (χ1v) is 9.50. The summed E-state index contributed by atoms with van der Waals surface area (Å²) in [5.41, 5.74) is 0. The van der Waals surface area contributed by atoms with Gasteiger partial charge in [0.05, 0.1) is 6.04 Å². The number of hydrogen-bond donors (Lipinski definition) is 1. The number of ether oxygens (including phenoxy) is 2. The van der Waals surface area contributed by atoms with Crippen LogP contribution < -0.4 is 5.32 Å². The summed E-state index contributed by atoms with van der Waals surface area (Å²) in [6.07, 6.45) is 7.86. The molecule has 3 fully saturated rings. The third-order valence-corrected chi connectivity index (χ3v) is 5.69. The van der Waals surface area contributed by atoms with Gasteiger partial charge in [-0.05, 0) is 63.3 Å². The summed E-state index contributed by atoms with van der Waals surface area (Å²) < 4.78 is 10.8. The van der Waals surface area contributed by atoms with Crippen LogP contribution in [0.2, 0.25) is 0 Å². The molecule has 5 heteroatoms. The fourth-order valence-corrected chi connectivity index (χ4v) is 4.15. The van der Waals surface area contributed by atoms with Gasteiger partial charge in [-0.1, -0.05) is 0 Å². The summed E-state index contributed by atoms with van der Waals surface area (Å²) in [5.74, 6) is 1.69. The van der Waals surface area contributed by atoms with E-state index in [0.717, 1.165) is 96.9 Å². The molecule has 0 aromatic heterocycles. The SMILES string of the molecule is O=C(NCCC1CCOCC1)[C@@H]1CCCN1CC1CCOCC1. The van der Waals surface area contributed by atoms with Gasteiger partial charge in [0, 0.05) is 39.5 Å². The Morgan fingerprint density at radius 2 is 1.61 bits per heavy atom. The van der Waals surface area contributed by atoms with E-state index in [0.29, 0.717) is 5.92 Å². The summed E-state index contributed by atoms with van der Waals surface area (Å²) in [6, 6.07) is 0.104. The number of nitrogens with zero attached hydrogens (tertiary/aromatic N) is 1. The molecule has 1 N–H and O–H groups in total. The second kappa shape index (κ2) is 9.00. The molecule has 3 heterocycles. The van der Waals surface area contributed by atoms with Gasteiger partial charge in [-0.2, -0.15) is 0 Å². The normalized spacial score (nSPS) is 28.1. The first-order chi connectivity index (χ1) is 11.3. The van der Waals surface area contributed by atoms with Crippen LogP contribution in [0.1, 0.15) is 44.9 Å². The highest BCUT2D eigenvalue weighted by Crippen LogP contribution is 2.23. The van der Waals surface area contributed by atoms with Gasteiger partial charge in [0.1, 0.15) is 0 Å². The van der Waals surface area contributed by atoms with Gasteiger partial charge < -0.3 is 14.8 Å². The van der Waals surface area contributed by atoms with Crippen LogP contribution in [0.5, 0.6) is 0 Å². The van der Waals surface area contributed by atoms with Crippen molar-refractivity contribution in [2.24, 2.45) is 11.8 Å². The zero-order valence-corrected chi connectivity index (χ0v) is 14.3. The topological polar surface area (TPSA) is 50.8 Å². The summed E-state index contributed by atoms with van der Waals surface area (Å²) in [6.45, 7) is 6.53. The van der Waals surface area contributed by atoms with E-state index in [1.807, 2.05) is 0 Å². The highest BCUT2D eigenvalue weighted by atomic mass is 16.5. The molecule has 0 aromatic rings. The Balaban J connectivity index is 1.38. The molecule has 1 amide bonds. The van der Waals surface area contributed by atoms with E-state index in [1.165, 1.54) is 0 Å². The van der Waals surface area contributed by atoms with Crippen LogP contribution in [0.3, 0.4) is 0 Å². The molecule has 0 bridgehead atoms. The van der Waals surface area contributed by atoms with E-state index in [-0.39, 0.29) is 11.9 Å². The van der Waals surface area contributed by atoms with Gasteiger partial charge >= 0.3 is 0 Å². The zero-order valence-electron chi connectivity index (χ0n) is 14.3. The Bertz CT molecular complexity index is 365. The minimum atomic E-state index is 0.104. The van der Waals surface area contributed by atoms with Crippen LogP contribution in [-0.4, -0.2) is 62.9 Å². The van der Waals surface area contributed by atoms with Crippen molar-refractivity contribution in [2.45, 2.75) is 51.0 Å². The van der Waals surface area contributed by atoms with E-state index in [4.69, 9.17) is 9.47 Å². The van der Waals surface area contributed by atoms with Crippen molar-refractivity contribution in [1.82, 2.24) is 10.2 Å². The van der Waals surface area contributed by atoms with Gasteiger partial charge in [-0.15, -0.1) is 0 Å². The number of rotatable bonds is 6. The van der Waals surface area contributed by atoms with Crippen LogP contribution in [0.15, 0.2) is 0 Å². The fraction of sp³-hybridized carbons (Fsp3) is 0.944. The highest BCUT2D eigenvalue weighted by molar-refractivity contribution is 5.82. The number of hydrogen-bond acceptors (Lipinski definition) is 4. The molecule has 0 saturated carbocycles. The first kappa shape index (κ1) is 17.2. The van der Waals surface area contributed by atoms with Gasteiger partial charge in [-0.25, -0.2) is 0 Å². The van der Waals surface area contributed by atoms with Crippen LogP contribution in [0.4, 0.5) is 0 Å². The molecular weight excluding hydrogens is 292 g/mol. The van der Waals surface area contributed by atoms with Crippen molar-refractivity contribution in [1.29, 1.82) is 0 Å². The van der Waals surface area contributed by atoms with Crippen molar-refractivity contribution >= 4 is 5.91 Å². The molecule has 1 atom stereocenters. The predicted octanol–water partition coefficient (Wildman–Crippen LogP) is 1.81. The second-order valence-corrected chi connectivity index (χ2v) is 7.34. The van der Waals surface area contributed by atoms with E-state index in [9.17, 15) is 4.79 Å². The van der Waals surface area contributed by atoms with Crippen molar-refractivity contribution in [3.63, 3.8) is 0 Å². The molecule has 3 rings (SSSR count). The fourth-order valence-electron chi connectivity index (χ4n) is 4.15. The lowest BCUT2D eigenvalue weighted by atomic mass is 9.96. The van der Waals surface area contributed by atoms with E-state index >= 15 is 0 Å². The third-order valence-electron chi connectivity index (χ3n) is 5.69. The molecule has 5 nitrogen and oxygen atoms in total. The number of likely N-dealkylation sites (tertiary alicyclic amines) is 1. The molecule has 0 aliphatic carbocycles. The lowest BCUT2D eigenvalue weighted by Crippen LogP contribution is -2.45. The summed E-state index contributed by atoms with van der Waals surface area (Å²) in [4.78, 5) is 15.0. The Morgan fingerprint density at radius 1 is 0.957 bits per heavy atom. The maximum absolute atomic E-state index is 12.5. The molecular formula is C18H32N2O3.